The Morgan fingerprint density at radius 3 is 2.70 bits per heavy atom. The molecule has 1 N–H and O–H groups in total. The highest BCUT2D eigenvalue weighted by Crippen LogP contribution is 2.47. The molecule has 3 rings (SSSR count). The quantitative estimate of drug-likeness (QED) is 0.723. The second kappa shape index (κ2) is 5.40. The van der Waals surface area contributed by atoms with Gasteiger partial charge in [-0.1, -0.05) is 17.5 Å². The van der Waals surface area contributed by atoms with Gasteiger partial charge in [0.15, 0.2) is 0 Å². The number of hydrogen-bond donors (Lipinski definition) is 1. The second-order valence-electron chi connectivity index (χ2n) is 5.18. The number of ether oxygens (including phenoxy) is 1. The molecule has 118 valence electrons. The molecule has 1 aliphatic carbocycles. The summed E-state index contributed by atoms with van der Waals surface area (Å²) in [4.78, 5) is 11.6. The molecular weight excluding hydrogens is 331 g/mol. The van der Waals surface area contributed by atoms with Crippen LogP contribution in [0.4, 0.5) is 23.7 Å². The third-order valence-corrected chi connectivity index (χ3v) is 3.63. The number of carbonyl (C=O) groups is 1. The number of cyclic esters (lactones) is 1. The van der Waals surface area contributed by atoms with Gasteiger partial charge in [0.05, 0.1) is 5.69 Å². The molecule has 0 aromatic heterocycles. The van der Waals surface area contributed by atoms with Gasteiger partial charge in [-0.3, -0.25) is 5.32 Å². The molecule has 23 heavy (non-hydrogen) atoms. The number of carbonyl (C=O) groups excluding carboxylic acids is 1. The van der Waals surface area contributed by atoms with E-state index in [0.717, 1.165) is 18.9 Å². The molecule has 0 bridgehead atoms. The molecular formula is C16H9ClF3NO2. The molecule has 0 spiro atoms. The molecule has 1 amide bonds. The summed E-state index contributed by atoms with van der Waals surface area (Å²) >= 11 is 5.79. The molecule has 1 aliphatic heterocycles. The second-order valence-corrected chi connectivity index (χ2v) is 5.61. The zero-order valence-electron chi connectivity index (χ0n) is 11.6. The van der Waals surface area contributed by atoms with Crippen LogP contribution >= 0.6 is 11.6 Å². The third-order valence-electron chi connectivity index (χ3n) is 3.40. The first-order chi connectivity index (χ1) is 10.8. The maximum absolute atomic E-state index is 13.7. The lowest BCUT2D eigenvalue weighted by Crippen LogP contribution is -2.49. The van der Waals surface area contributed by atoms with Crippen molar-refractivity contribution >= 4 is 23.4 Å². The Kier molecular flexibility index (Phi) is 3.66. The van der Waals surface area contributed by atoms with E-state index in [1.54, 1.807) is 0 Å². The van der Waals surface area contributed by atoms with Crippen LogP contribution < -0.4 is 5.32 Å². The van der Waals surface area contributed by atoms with Gasteiger partial charge in [0, 0.05) is 16.5 Å². The number of fused-ring (bicyclic) bond motifs is 1. The Morgan fingerprint density at radius 2 is 2.04 bits per heavy atom. The van der Waals surface area contributed by atoms with E-state index in [-0.39, 0.29) is 22.2 Å². The fourth-order valence-corrected chi connectivity index (χ4v) is 2.28. The zero-order chi connectivity index (χ0) is 16.7. The molecule has 1 saturated carbocycles. The monoisotopic (exact) mass is 339 g/mol. The summed E-state index contributed by atoms with van der Waals surface area (Å²) in [6.07, 6.45) is -4.33. The average Bonchev–Trinajstić information content (AvgIpc) is 3.27. The first-order valence-corrected chi connectivity index (χ1v) is 7.09. The molecule has 7 heteroatoms. The van der Waals surface area contributed by atoms with Crippen LogP contribution in [0.5, 0.6) is 0 Å². The molecule has 1 heterocycles. The summed E-state index contributed by atoms with van der Waals surface area (Å²) in [5, 5.41) is 2.28. The van der Waals surface area contributed by atoms with Gasteiger partial charge in [0.1, 0.15) is 0 Å². The Labute approximate surface area is 135 Å². The van der Waals surface area contributed by atoms with Crippen LogP contribution in [-0.2, 0) is 10.3 Å². The lowest BCUT2D eigenvalue weighted by atomic mass is 9.90. The molecule has 0 unspecified atom stereocenters. The number of rotatable bonds is 0. The standard InChI is InChI=1S/C16H9ClF3NO2/c17-11-6-7-13-12(9-11)15(16(18,19)20,23-14(22)21-13)8-2-1-3-10-4-5-10/h6-7,9-10H,4-5H2,(H,21,22)/t15-/m1/s1. The minimum absolute atomic E-state index is 0.0487. The maximum Gasteiger partial charge on any atom is 0.445 e. The van der Waals surface area contributed by atoms with Gasteiger partial charge in [0.2, 0.25) is 0 Å². The van der Waals surface area contributed by atoms with Crippen LogP contribution in [0.2, 0.25) is 5.02 Å². The molecule has 1 fully saturated rings. The summed E-state index contributed by atoms with van der Waals surface area (Å²) < 4.78 is 45.6. The van der Waals surface area contributed by atoms with Gasteiger partial charge >= 0.3 is 12.3 Å². The predicted molar refractivity (Wildman–Crippen MR) is 77.6 cm³/mol. The highest BCUT2D eigenvalue weighted by atomic mass is 35.5. The normalized spacial score (nSPS) is 22.5. The molecule has 0 saturated heterocycles. The molecule has 0 radical (unpaired) electrons. The topological polar surface area (TPSA) is 38.3 Å². The summed E-state index contributed by atoms with van der Waals surface area (Å²) in [5.74, 6) is 9.49. The van der Waals surface area contributed by atoms with Crippen LogP contribution in [-0.4, -0.2) is 12.3 Å². The molecule has 3 nitrogen and oxygen atoms in total. The van der Waals surface area contributed by atoms with Crippen molar-refractivity contribution < 1.29 is 22.7 Å². The van der Waals surface area contributed by atoms with E-state index in [2.05, 4.69) is 27.8 Å². The summed E-state index contributed by atoms with van der Waals surface area (Å²) in [6, 6.07) is 3.72. The number of alkyl halides is 3. The molecule has 1 atom stereocenters. The maximum atomic E-state index is 13.7. The van der Waals surface area contributed by atoms with Crippen molar-refractivity contribution in [1.82, 2.24) is 0 Å². The van der Waals surface area contributed by atoms with Crippen molar-refractivity contribution in [3.8, 4) is 23.7 Å². The van der Waals surface area contributed by atoms with E-state index in [9.17, 15) is 18.0 Å². The Balaban J connectivity index is 2.14. The van der Waals surface area contributed by atoms with Gasteiger partial charge in [-0.15, -0.1) is 0 Å². The third kappa shape index (κ3) is 2.95. The first-order valence-electron chi connectivity index (χ1n) is 6.71. The first kappa shape index (κ1) is 15.6. The van der Waals surface area contributed by atoms with Gasteiger partial charge < -0.3 is 4.74 Å². The van der Waals surface area contributed by atoms with E-state index in [4.69, 9.17) is 11.6 Å². The number of nitrogens with one attached hydrogen (secondary N) is 1. The van der Waals surface area contributed by atoms with E-state index in [0.29, 0.717) is 0 Å². The molecule has 1 aromatic rings. The van der Waals surface area contributed by atoms with Crippen LogP contribution in [0, 0.1) is 29.6 Å². The van der Waals surface area contributed by atoms with Crippen molar-refractivity contribution in [2.75, 3.05) is 5.32 Å². The number of hydrogen-bond acceptors (Lipinski definition) is 2. The van der Waals surface area contributed by atoms with Gasteiger partial charge in [-0.25, -0.2) is 4.79 Å². The fourth-order valence-electron chi connectivity index (χ4n) is 2.11. The fraction of sp³-hybridized carbons (Fsp3) is 0.312. The number of benzene rings is 1. The van der Waals surface area contributed by atoms with E-state index >= 15 is 0 Å². The van der Waals surface area contributed by atoms with E-state index in [1.165, 1.54) is 12.1 Å². The Hall–Kier alpha value is -2.31. The minimum atomic E-state index is -4.95. The summed E-state index contributed by atoms with van der Waals surface area (Å²) in [6.45, 7) is 0. The van der Waals surface area contributed by atoms with Crippen molar-refractivity contribution in [3.05, 3.63) is 28.8 Å². The van der Waals surface area contributed by atoms with E-state index in [1.807, 2.05) is 5.92 Å². The van der Waals surface area contributed by atoms with E-state index < -0.39 is 17.9 Å². The van der Waals surface area contributed by atoms with Gasteiger partial charge in [-0.2, -0.15) is 13.2 Å². The van der Waals surface area contributed by atoms with Crippen LogP contribution in [0.15, 0.2) is 18.2 Å². The Morgan fingerprint density at radius 1 is 1.30 bits per heavy atom. The smallest absolute Gasteiger partial charge is 0.415 e. The summed E-state index contributed by atoms with van der Waals surface area (Å²) in [5.41, 5.74) is -3.50. The molecule has 1 aromatic carbocycles. The van der Waals surface area contributed by atoms with Gasteiger partial charge in [-0.05, 0) is 48.8 Å². The van der Waals surface area contributed by atoms with Crippen LogP contribution in [0.3, 0.4) is 0 Å². The summed E-state index contributed by atoms with van der Waals surface area (Å²) in [7, 11) is 0. The lowest BCUT2D eigenvalue weighted by Gasteiger charge is -2.35. The van der Waals surface area contributed by atoms with Crippen molar-refractivity contribution in [2.24, 2.45) is 5.92 Å². The predicted octanol–water partition coefficient (Wildman–Crippen LogP) is 4.08. The largest absolute Gasteiger partial charge is 0.445 e. The van der Waals surface area contributed by atoms with Crippen molar-refractivity contribution in [3.63, 3.8) is 0 Å². The number of amides is 1. The van der Waals surface area contributed by atoms with Crippen LogP contribution in [0.1, 0.15) is 18.4 Å². The van der Waals surface area contributed by atoms with Crippen LogP contribution in [0.25, 0.3) is 0 Å². The Bertz CT molecular complexity index is 794. The van der Waals surface area contributed by atoms with Crippen molar-refractivity contribution in [2.45, 2.75) is 24.6 Å². The minimum Gasteiger partial charge on any atom is -0.415 e. The number of anilines is 1. The van der Waals surface area contributed by atoms with Crippen molar-refractivity contribution in [1.29, 1.82) is 0 Å². The highest BCUT2D eigenvalue weighted by molar-refractivity contribution is 6.30. The lowest BCUT2D eigenvalue weighted by molar-refractivity contribution is -0.239. The number of halogens is 4. The van der Waals surface area contributed by atoms with Gasteiger partial charge in [0.25, 0.3) is 5.60 Å². The average molecular weight is 340 g/mol. The molecule has 2 aliphatic rings. The highest BCUT2D eigenvalue weighted by Gasteiger charge is 2.62. The SMILES string of the molecule is O=C1Nc2ccc(Cl)cc2[C@](C#CC#CC2CC2)(C(F)(F)F)O1. The zero-order valence-corrected chi connectivity index (χ0v) is 12.3.